The molecular weight excluding hydrogens is 278 g/mol. The minimum Gasteiger partial charge on any atom is -0.345 e. The third-order valence-electron chi connectivity index (χ3n) is 4.05. The number of carbonyl (C=O) groups excluding carboxylic acids is 1. The van der Waals surface area contributed by atoms with Crippen molar-refractivity contribution in [1.29, 1.82) is 0 Å². The molecule has 0 unspecified atom stereocenters. The van der Waals surface area contributed by atoms with Gasteiger partial charge in [0.2, 0.25) is 0 Å². The van der Waals surface area contributed by atoms with Gasteiger partial charge in [0.05, 0.1) is 18.3 Å². The fourth-order valence-electron chi connectivity index (χ4n) is 2.80. The van der Waals surface area contributed by atoms with E-state index in [1.54, 1.807) is 6.20 Å². The van der Waals surface area contributed by atoms with Crippen molar-refractivity contribution in [3.63, 3.8) is 0 Å². The van der Waals surface area contributed by atoms with E-state index < -0.39 is 0 Å². The summed E-state index contributed by atoms with van der Waals surface area (Å²) in [5.41, 5.74) is 3.89. The van der Waals surface area contributed by atoms with Crippen molar-refractivity contribution in [2.45, 2.75) is 52.6 Å². The first-order chi connectivity index (χ1) is 10.7. The summed E-state index contributed by atoms with van der Waals surface area (Å²) >= 11 is 0. The van der Waals surface area contributed by atoms with Crippen LogP contribution in [0.15, 0.2) is 12.4 Å². The number of rotatable bonds is 5. The number of nitrogens with zero attached hydrogens (tertiary/aromatic N) is 4. The first kappa shape index (κ1) is 14.7. The van der Waals surface area contributed by atoms with Gasteiger partial charge < -0.3 is 5.32 Å². The highest BCUT2D eigenvalue weighted by Crippen LogP contribution is 2.18. The number of fused-ring (bicyclic) bond motifs is 1. The van der Waals surface area contributed by atoms with Crippen molar-refractivity contribution >= 4 is 5.91 Å². The molecule has 2 aromatic rings. The second-order valence-electron chi connectivity index (χ2n) is 5.66. The Bertz CT molecular complexity index is 692. The molecule has 116 valence electrons. The summed E-state index contributed by atoms with van der Waals surface area (Å²) in [7, 11) is 0. The molecular formula is C16H21N5O. The van der Waals surface area contributed by atoms with E-state index in [4.69, 9.17) is 0 Å². The van der Waals surface area contributed by atoms with Crippen molar-refractivity contribution in [1.82, 2.24) is 25.1 Å². The van der Waals surface area contributed by atoms with E-state index in [-0.39, 0.29) is 5.91 Å². The van der Waals surface area contributed by atoms with Gasteiger partial charge in [-0.2, -0.15) is 5.10 Å². The van der Waals surface area contributed by atoms with Crippen LogP contribution < -0.4 is 5.32 Å². The van der Waals surface area contributed by atoms with Gasteiger partial charge in [-0.1, -0.05) is 6.92 Å². The molecule has 1 aliphatic rings. The van der Waals surface area contributed by atoms with Crippen LogP contribution in [-0.2, 0) is 25.9 Å². The molecule has 6 heteroatoms. The van der Waals surface area contributed by atoms with Crippen LogP contribution in [-0.4, -0.2) is 25.7 Å². The van der Waals surface area contributed by atoms with Crippen molar-refractivity contribution < 1.29 is 4.79 Å². The molecule has 0 aliphatic heterocycles. The monoisotopic (exact) mass is 299 g/mol. The van der Waals surface area contributed by atoms with E-state index in [0.29, 0.717) is 17.9 Å². The molecule has 0 saturated carbocycles. The lowest BCUT2D eigenvalue weighted by Crippen LogP contribution is -2.24. The molecule has 3 rings (SSSR count). The number of aryl methyl sites for hydroxylation is 3. The van der Waals surface area contributed by atoms with Crippen LogP contribution in [0, 0.1) is 6.92 Å². The molecule has 2 aromatic heterocycles. The third-order valence-corrected chi connectivity index (χ3v) is 4.05. The molecule has 1 aliphatic carbocycles. The molecule has 1 N–H and O–H groups in total. The van der Waals surface area contributed by atoms with Gasteiger partial charge in [-0.25, -0.2) is 9.97 Å². The predicted molar refractivity (Wildman–Crippen MR) is 82.5 cm³/mol. The number of nitrogens with one attached hydrogen (secondary N) is 1. The largest absolute Gasteiger partial charge is 0.345 e. The van der Waals surface area contributed by atoms with Gasteiger partial charge in [-0.3, -0.25) is 9.48 Å². The third kappa shape index (κ3) is 2.86. The maximum atomic E-state index is 12.3. The van der Waals surface area contributed by atoms with E-state index in [1.165, 1.54) is 5.56 Å². The average Bonchev–Trinajstić information content (AvgIpc) is 3.12. The van der Waals surface area contributed by atoms with Crippen molar-refractivity contribution in [2.75, 3.05) is 0 Å². The van der Waals surface area contributed by atoms with Crippen LogP contribution in [0.4, 0.5) is 0 Å². The Morgan fingerprint density at radius 2 is 2.23 bits per heavy atom. The summed E-state index contributed by atoms with van der Waals surface area (Å²) < 4.78 is 1.86. The average molecular weight is 299 g/mol. The SMILES string of the molecule is CCCn1ncc(C(=O)NCc2ncc3c(n2)CCC3)c1C. The van der Waals surface area contributed by atoms with Crippen LogP contribution >= 0.6 is 0 Å². The molecule has 6 nitrogen and oxygen atoms in total. The summed E-state index contributed by atoms with van der Waals surface area (Å²) in [6, 6.07) is 0. The van der Waals surface area contributed by atoms with Gasteiger partial charge in [0.1, 0.15) is 5.82 Å². The van der Waals surface area contributed by atoms with Crippen LogP contribution in [0.2, 0.25) is 0 Å². The number of hydrogen-bond donors (Lipinski definition) is 1. The Labute approximate surface area is 130 Å². The van der Waals surface area contributed by atoms with Gasteiger partial charge in [0.25, 0.3) is 5.91 Å². The lowest BCUT2D eigenvalue weighted by atomic mass is 10.2. The molecule has 22 heavy (non-hydrogen) atoms. The molecule has 0 spiro atoms. The molecule has 2 heterocycles. The van der Waals surface area contributed by atoms with Gasteiger partial charge in [0, 0.05) is 24.1 Å². The van der Waals surface area contributed by atoms with Gasteiger partial charge in [0.15, 0.2) is 0 Å². The van der Waals surface area contributed by atoms with Gasteiger partial charge >= 0.3 is 0 Å². The first-order valence-electron chi connectivity index (χ1n) is 7.83. The van der Waals surface area contributed by atoms with Crippen molar-refractivity contribution in [2.24, 2.45) is 0 Å². The summed E-state index contributed by atoms with van der Waals surface area (Å²) in [6.07, 6.45) is 7.74. The number of aromatic nitrogens is 4. The van der Waals surface area contributed by atoms with Crippen LogP contribution in [0.25, 0.3) is 0 Å². The highest BCUT2D eigenvalue weighted by atomic mass is 16.1. The molecule has 0 aromatic carbocycles. The molecule has 0 radical (unpaired) electrons. The molecule has 0 saturated heterocycles. The lowest BCUT2D eigenvalue weighted by molar-refractivity contribution is 0.0949. The van der Waals surface area contributed by atoms with E-state index >= 15 is 0 Å². The number of carbonyl (C=O) groups is 1. The minimum atomic E-state index is -0.121. The Morgan fingerprint density at radius 3 is 3.05 bits per heavy atom. The van der Waals surface area contributed by atoms with E-state index in [9.17, 15) is 4.79 Å². The predicted octanol–water partition coefficient (Wildman–Crippen LogP) is 1.81. The standard InChI is InChI=1S/C16H21N5O/c1-3-7-21-11(2)13(9-19-21)16(22)18-10-15-17-8-12-5-4-6-14(12)20-15/h8-9H,3-7,10H2,1-2H3,(H,18,22). The maximum Gasteiger partial charge on any atom is 0.255 e. The second-order valence-corrected chi connectivity index (χ2v) is 5.66. The molecule has 0 fully saturated rings. The topological polar surface area (TPSA) is 72.7 Å². The summed E-state index contributed by atoms with van der Waals surface area (Å²) in [5, 5.41) is 7.14. The smallest absolute Gasteiger partial charge is 0.255 e. The number of hydrogen-bond acceptors (Lipinski definition) is 4. The van der Waals surface area contributed by atoms with E-state index in [1.807, 2.05) is 17.8 Å². The normalized spacial score (nSPS) is 13.2. The quantitative estimate of drug-likeness (QED) is 0.914. The molecule has 0 atom stereocenters. The Balaban J connectivity index is 1.65. The second kappa shape index (κ2) is 6.25. The van der Waals surface area contributed by atoms with Crippen molar-refractivity contribution in [3.8, 4) is 0 Å². The van der Waals surface area contributed by atoms with Crippen LogP contribution in [0.1, 0.15) is 52.9 Å². The minimum absolute atomic E-state index is 0.121. The van der Waals surface area contributed by atoms with Crippen LogP contribution in [0.5, 0.6) is 0 Å². The zero-order valence-corrected chi connectivity index (χ0v) is 13.1. The Hall–Kier alpha value is -2.24. The fourth-order valence-corrected chi connectivity index (χ4v) is 2.80. The molecule has 0 bridgehead atoms. The lowest BCUT2D eigenvalue weighted by Gasteiger charge is -2.06. The zero-order chi connectivity index (χ0) is 15.5. The summed E-state index contributed by atoms with van der Waals surface area (Å²) in [6.45, 7) is 5.19. The Morgan fingerprint density at radius 1 is 1.36 bits per heavy atom. The summed E-state index contributed by atoms with van der Waals surface area (Å²) in [4.78, 5) is 21.1. The molecule has 1 amide bonds. The van der Waals surface area contributed by atoms with E-state index in [0.717, 1.165) is 43.6 Å². The highest BCUT2D eigenvalue weighted by molar-refractivity contribution is 5.94. The first-order valence-corrected chi connectivity index (χ1v) is 7.83. The highest BCUT2D eigenvalue weighted by Gasteiger charge is 2.16. The van der Waals surface area contributed by atoms with Gasteiger partial charge in [-0.15, -0.1) is 0 Å². The van der Waals surface area contributed by atoms with Gasteiger partial charge in [-0.05, 0) is 38.2 Å². The van der Waals surface area contributed by atoms with Crippen LogP contribution in [0.3, 0.4) is 0 Å². The number of amides is 1. The van der Waals surface area contributed by atoms with Crippen molar-refractivity contribution in [3.05, 3.63) is 40.7 Å². The maximum absolute atomic E-state index is 12.3. The Kier molecular flexibility index (Phi) is 4.18. The summed E-state index contributed by atoms with van der Waals surface area (Å²) in [5.74, 6) is 0.552. The zero-order valence-electron chi connectivity index (χ0n) is 13.1. The fraction of sp³-hybridized carbons (Fsp3) is 0.500. The van der Waals surface area contributed by atoms with E-state index in [2.05, 4.69) is 27.3 Å².